The zero-order valence-electron chi connectivity index (χ0n) is 17.6. The summed E-state index contributed by atoms with van der Waals surface area (Å²) in [4.78, 5) is 41.4. The van der Waals surface area contributed by atoms with Crippen molar-refractivity contribution in [2.45, 2.75) is 32.3 Å². The number of fused-ring (bicyclic) bond motifs is 1. The van der Waals surface area contributed by atoms with Crippen molar-refractivity contribution in [2.24, 2.45) is 0 Å². The Morgan fingerprint density at radius 1 is 1.10 bits per heavy atom. The van der Waals surface area contributed by atoms with Crippen LogP contribution >= 0.6 is 11.3 Å². The van der Waals surface area contributed by atoms with Crippen LogP contribution in [0.15, 0.2) is 24.3 Å². The summed E-state index contributed by atoms with van der Waals surface area (Å²) in [5.74, 6) is -0.500. The van der Waals surface area contributed by atoms with Gasteiger partial charge in [-0.25, -0.2) is 0 Å². The topological polar surface area (TPSA) is 72.9 Å². The average Bonchev–Trinajstić information content (AvgIpc) is 3.16. The number of methoxy groups -OCH3 is 1. The minimum atomic E-state index is -1.09. The number of ketones is 1. The number of carbonyl (C=O) groups is 3. The molecule has 0 bridgehead atoms. The van der Waals surface area contributed by atoms with E-state index in [1.807, 2.05) is 0 Å². The molecule has 8 heteroatoms. The average molecular weight is 503 g/mol. The zero-order valence-corrected chi connectivity index (χ0v) is 20.5. The molecular weight excluding hydrogens is 477 g/mol. The van der Waals surface area contributed by atoms with Gasteiger partial charge in [0.15, 0.2) is 0 Å². The fourth-order valence-electron chi connectivity index (χ4n) is 4.07. The summed E-state index contributed by atoms with van der Waals surface area (Å²) in [6.07, 6.45) is 4.25. The van der Waals surface area contributed by atoms with Crippen LogP contribution in [0.5, 0.6) is 0 Å². The SMILES string of the molecule is COC(=O)c1ccc(C(=O)c2c([AsH]C(=O)CN3CCCCC3)sc3c2CCOC3)cc1. The van der Waals surface area contributed by atoms with E-state index in [4.69, 9.17) is 9.47 Å². The van der Waals surface area contributed by atoms with Crippen LogP contribution in [0.2, 0.25) is 0 Å². The number of thiophene rings is 1. The van der Waals surface area contributed by atoms with E-state index in [1.54, 1.807) is 35.6 Å². The molecule has 0 spiro atoms. The van der Waals surface area contributed by atoms with Gasteiger partial charge in [-0.15, -0.1) is 0 Å². The van der Waals surface area contributed by atoms with Gasteiger partial charge in [0, 0.05) is 0 Å². The van der Waals surface area contributed by atoms with Crippen molar-refractivity contribution in [1.29, 1.82) is 0 Å². The van der Waals surface area contributed by atoms with Gasteiger partial charge in [-0.1, -0.05) is 0 Å². The molecular formula is C23H26AsNO5S. The van der Waals surface area contributed by atoms with Crippen LogP contribution in [0, 0.1) is 0 Å². The Labute approximate surface area is 192 Å². The molecule has 1 fully saturated rings. The van der Waals surface area contributed by atoms with Crippen molar-refractivity contribution in [3.05, 3.63) is 51.4 Å². The number of hydrogen-bond donors (Lipinski definition) is 0. The van der Waals surface area contributed by atoms with Crippen LogP contribution in [0.3, 0.4) is 0 Å². The zero-order chi connectivity index (χ0) is 21.8. The van der Waals surface area contributed by atoms with E-state index in [2.05, 4.69) is 4.90 Å². The van der Waals surface area contributed by atoms with Gasteiger partial charge in [0.05, 0.1) is 0 Å². The maximum absolute atomic E-state index is 13.5. The van der Waals surface area contributed by atoms with Crippen LogP contribution < -0.4 is 3.66 Å². The van der Waals surface area contributed by atoms with E-state index < -0.39 is 21.7 Å². The number of piperidine rings is 1. The van der Waals surface area contributed by atoms with Gasteiger partial charge >= 0.3 is 193 Å². The summed E-state index contributed by atoms with van der Waals surface area (Å²) in [5, 5.41) is 0. The molecule has 0 radical (unpaired) electrons. The second-order valence-electron chi connectivity index (χ2n) is 7.79. The van der Waals surface area contributed by atoms with Crippen LogP contribution in [0.25, 0.3) is 0 Å². The quantitative estimate of drug-likeness (QED) is 0.327. The number of hydrogen-bond acceptors (Lipinski definition) is 7. The van der Waals surface area contributed by atoms with Gasteiger partial charge in [-0.3, -0.25) is 0 Å². The van der Waals surface area contributed by atoms with E-state index in [9.17, 15) is 14.4 Å². The van der Waals surface area contributed by atoms with Gasteiger partial charge in [0.25, 0.3) is 0 Å². The van der Waals surface area contributed by atoms with E-state index in [0.29, 0.717) is 42.9 Å². The summed E-state index contributed by atoms with van der Waals surface area (Å²) in [6, 6.07) is 6.55. The third-order valence-corrected chi connectivity index (χ3v) is 9.79. The Balaban J connectivity index is 1.58. The molecule has 4 rings (SSSR count). The van der Waals surface area contributed by atoms with E-state index in [0.717, 1.165) is 40.0 Å². The van der Waals surface area contributed by atoms with Crippen molar-refractivity contribution in [3.63, 3.8) is 0 Å². The Hall–Kier alpha value is -1.79. The van der Waals surface area contributed by atoms with Crippen LogP contribution in [-0.2, 0) is 27.3 Å². The monoisotopic (exact) mass is 503 g/mol. The van der Waals surface area contributed by atoms with Crippen LogP contribution in [0.1, 0.15) is 56.0 Å². The van der Waals surface area contributed by atoms with E-state index in [-0.39, 0.29) is 10.4 Å². The summed E-state index contributed by atoms with van der Waals surface area (Å²) in [6.45, 7) is 3.58. The molecule has 0 amide bonds. The van der Waals surface area contributed by atoms with Crippen LogP contribution in [0.4, 0.5) is 0 Å². The predicted molar refractivity (Wildman–Crippen MR) is 121 cm³/mol. The van der Waals surface area contributed by atoms with Crippen molar-refractivity contribution in [3.8, 4) is 0 Å². The fourth-order valence-corrected chi connectivity index (χ4v) is 8.82. The molecule has 0 aliphatic carbocycles. The third-order valence-electron chi connectivity index (χ3n) is 5.68. The van der Waals surface area contributed by atoms with Crippen molar-refractivity contribution in [2.75, 3.05) is 33.4 Å². The summed E-state index contributed by atoms with van der Waals surface area (Å²) < 4.78 is 11.6. The molecule has 6 nitrogen and oxygen atoms in total. The molecule has 0 saturated carbocycles. The van der Waals surface area contributed by atoms with Crippen LogP contribution in [-0.4, -0.2) is 70.3 Å². The van der Waals surface area contributed by atoms with Gasteiger partial charge in [-0.2, -0.15) is 0 Å². The molecule has 2 aliphatic heterocycles. The van der Waals surface area contributed by atoms with Gasteiger partial charge in [0.1, 0.15) is 0 Å². The van der Waals surface area contributed by atoms with Gasteiger partial charge in [0.2, 0.25) is 0 Å². The Morgan fingerprint density at radius 2 is 1.81 bits per heavy atom. The second-order valence-corrected chi connectivity index (χ2v) is 12.4. The van der Waals surface area contributed by atoms with Crippen molar-refractivity contribution in [1.82, 2.24) is 4.90 Å². The maximum atomic E-state index is 13.5. The number of likely N-dealkylation sites (tertiary alicyclic amines) is 1. The van der Waals surface area contributed by atoms with Crippen molar-refractivity contribution >= 4 is 47.1 Å². The molecule has 164 valence electrons. The second kappa shape index (κ2) is 10.2. The number of rotatable bonds is 7. The van der Waals surface area contributed by atoms with E-state index >= 15 is 0 Å². The van der Waals surface area contributed by atoms with Crippen molar-refractivity contribution < 1.29 is 23.9 Å². The molecule has 2 aliphatic rings. The Morgan fingerprint density at radius 3 is 2.52 bits per heavy atom. The summed E-state index contributed by atoms with van der Waals surface area (Å²) in [7, 11) is 1.33. The predicted octanol–water partition coefficient (Wildman–Crippen LogP) is 1.91. The Kier molecular flexibility index (Phi) is 7.38. The first-order valence-electron chi connectivity index (χ1n) is 10.5. The third kappa shape index (κ3) is 5.17. The minimum absolute atomic E-state index is 0.0691. The molecule has 2 aromatic rings. The number of carbonyl (C=O) groups excluding carboxylic acids is 3. The first-order chi connectivity index (χ1) is 15.1. The summed E-state index contributed by atoms with van der Waals surface area (Å²) in [5.41, 5.74) is 2.69. The molecule has 31 heavy (non-hydrogen) atoms. The number of benzene rings is 1. The van der Waals surface area contributed by atoms with Gasteiger partial charge in [-0.05, 0) is 0 Å². The van der Waals surface area contributed by atoms with Gasteiger partial charge < -0.3 is 0 Å². The molecule has 1 aromatic heterocycles. The molecule has 1 unspecified atom stereocenters. The normalized spacial score (nSPS) is 16.9. The molecule has 1 aromatic carbocycles. The standard InChI is InChI=1S/C23H26AsNO5S/c1-29-23(28)16-7-5-15(6-8-16)21(27)20-17-9-12-30-14-18(17)31-22(20)24-19(26)13-25-10-3-2-4-11-25/h5-8,24H,2-4,9-14H2,1H3. The molecule has 1 saturated heterocycles. The Bertz CT molecular complexity index is 979. The summed E-state index contributed by atoms with van der Waals surface area (Å²) >= 11 is 0.497. The number of nitrogens with zero attached hydrogens (tertiary/aromatic N) is 1. The first-order valence-corrected chi connectivity index (χ1v) is 13.5. The molecule has 3 heterocycles. The molecule has 1 atom stereocenters. The first kappa shape index (κ1) is 22.4. The number of esters is 1. The number of ether oxygens (including phenoxy) is 2. The van der Waals surface area contributed by atoms with E-state index in [1.165, 1.54) is 13.5 Å². The fraction of sp³-hybridized carbons (Fsp3) is 0.435. The molecule has 0 N–H and O–H groups in total.